The largest absolute Gasteiger partial charge is 0.292 e. The van der Waals surface area contributed by atoms with Gasteiger partial charge in [-0.2, -0.15) is 0 Å². The van der Waals surface area contributed by atoms with Gasteiger partial charge in [0, 0.05) is 12.4 Å². The van der Waals surface area contributed by atoms with Gasteiger partial charge in [0.25, 0.3) is 0 Å². The SMILES string of the molecule is NNc1nccc(Sc2ccc(Cl)cn2)n1. The normalized spacial score (nSPS) is 10.1. The lowest BCUT2D eigenvalue weighted by Gasteiger charge is -2.01. The smallest absolute Gasteiger partial charge is 0.238 e. The first kappa shape index (κ1) is 11.1. The highest BCUT2D eigenvalue weighted by molar-refractivity contribution is 7.99. The predicted molar refractivity (Wildman–Crippen MR) is 63.2 cm³/mol. The third kappa shape index (κ3) is 2.82. The van der Waals surface area contributed by atoms with E-state index in [9.17, 15) is 0 Å². The molecule has 0 atom stereocenters. The number of hydrogen-bond donors (Lipinski definition) is 2. The number of nitrogens with one attached hydrogen (secondary N) is 1. The van der Waals surface area contributed by atoms with E-state index in [1.54, 1.807) is 24.5 Å². The highest BCUT2D eigenvalue weighted by Crippen LogP contribution is 2.24. The van der Waals surface area contributed by atoms with Crippen molar-refractivity contribution in [1.29, 1.82) is 0 Å². The van der Waals surface area contributed by atoms with Gasteiger partial charge in [0.15, 0.2) is 0 Å². The second-order valence-corrected chi connectivity index (χ2v) is 4.26. The van der Waals surface area contributed by atoms with Crippen molar-refractivity contribution in [1.82, 2.24) is 15.0 Å². The number of aromatic nitrogens is 3. The van der Waals surface area contributed by atoms with Crippen molar-refractivity contribution in [2.45, 2.75) is 10.1 Å². The standard InChI is InChI=1S/C9H8ClN5S/c10-6-1-2-7(13-5-6)16-8-3-4-12-9(14-8)15-11/h1-5H,11H2,(H,12,14,15). The van der Waals surface area contributed by atoms with E-state index in [0.717, 1.165) is 10.1 Å². The molecule has 7 heteroatoms. The maximum Gasteiger partial charge on any atom is 0.238 e. The van der Waals surface area contributed by atoms with Crippen LogP contribution in [0.2, 0.25) is 5.02 Å². The van der Waals surface area contributed by atoms with Crippen LogP contribution in [0.1, 0.15) is 0 Å². The van der Waals surface area contributed by atoms with Crippen molar-refractivity contribution in [2.75, 3.05) is 5.43 Å². The number of rotatable bonds is 3. The van der Waals surface area contributed by atoms with Gasteiger partial charge in [-0.3, -0.25) is 5.43 Å². The minimum absolute atomic E-state index is 0.374. The fourth-order valence-corrected chi connectivity index (χ4v) is 1.83. The Kier molecular flexibility index (Phi) is 3.55. The summed E-state index contributed by atoms with van der Waals surface area (Å²) < 4.78 is 0. The number of nitrogens with zero attached hydrogens (tertiary/aromatic N) is 3. The van der Waals surface area contributed by atoms with Gasteiger partial charge in [-0.05, 0) is 30.0 Å². The van der Waals surface area contributed by atoms with E-state index in [1.807, 2.05) is 6.07 Å². The fraction of sp³-hybridized carbons (Fsp3) is 0. The maximum atomic E-state index is 5.74. The first-order valence-electron chi connectivity index (χ1n) is 4.37. The highest BCUT2D eigenvalue weighted by Gasteiger charge is 2.01. The highest BCUT2D eigenvalue weighted by atomic mass is 35.5. The molecule has 0 aliphatic heterocycles. The van der Waals surface area contributed by atoms with Crippen molar-refractivity contribution >= 4 is 29.3 Å². The van der Waals surface area contributed by atoms with E-state index in [1.165, 1.54) is 11.8 Å². The first-order chi connectivity index (χ1) is 7.78. The Bertz CT molecular complexity index is 476. The van der Waals surface area contributed by atoms with Gasteiger partial charge < -0.3 is 0 Å². The molecule has 2 aromatic rings. The van der Waals surface area contributed by atoms with Crippen LogP contribution in [0.3, 0.4) is 0 Å². The number of halogens is 1. The molecule has 2 rings (SSSR count). The summed E-state index contributed by atoms with van der Waals surface area (Å²) in [5.41, 5.74) is 2.39. The summed E-state index contributed by atoms with van der Waals surface area (Å²) in [5, 5.41) is 2.18. The Morgan fingerprint density at radius 1 is 1.19 bits per heavy atom. The molecule has 0 spiro atoms. The van der Waals surface area contributed by atoms with Crippen LogP contribution < -0.4 is 11.3 Å². The van der Waals surface area contributed by atoms with E-state index in [-0.39, 0.29) is 0 Å². The molecule has 2 heterocycles. The Hall–Kier alpha value is -1.37. The molecule has 0 saturated heterocycles. The zero-order valence-electron chi connectivity index (χ0n) is 8.09. The van der Waals surface area contributed by atoms with E-state index in [2.05, 4.69) is 20.4 Å². The lowest BCUT2D eigenvalue weighted by Crippen LogP contribution is -2.10. The summed E-state index contributed by atoms with van der Waals surface area (Å²) >= 11 is 7.15. The van der Waals surface area contributed by atoms with Gasteiger partial charge in [-0.25, -0.2) is 20.8 Å². The van der Waals surface area contributed by atoms with Gasteiger partial charge in [0.05, 0.1) is 5.02 Å². The molecule has 0 amide bonds. The molecule has 5 nitrogen and oxygen atoms in total. The second kappa shape index (κ2) is 5.11. The van der Waals surface area contributed by atoms with E-state index in [0.29, 0.717) is 11.0 Å². The summed E-state index contributed by atoms with van der Waals surface area (Å²) in [5.74, 6) is 5.59. The van der Waals surface area contributed by atoms with Gasteiger partial charge in [-0.15, -0.1) is 0 Å². The zero-order valence-corrected chi connectivity index (χ0v) is 9.66. The van der Waals surface area contributed by atoms with Crippen molar-refractivity contribution < 1.29 is 0 Å². The molecule has 0 unspecified atom stereocenters. The van der Waals surface area contributed by atoms with Crippen LogP contribution >= 0.6 is 23.4 Å². The fourth-order valence-electron chi connectivity index (χ4n) is 0.998. The van der Waals surface area contributed by atoms with Gasteiger partial charge in [0.2, 0.25) is 5.95 Å². The maximum absolute atomic E-state index is 5.74. The Morgan fingerprint density at radius 3 is 2.75 bits per heavy atom. The predicted octanol–water partition coefficient (Wildman–Crippen LogP) is 1.96. The van der Waals surface area contributed by atoms with Crippen LogP contribution in [-0.4, -0.2) is 15.0 Å². The monoisotopic (exact) mass is 253 g/mol. The quantitative estimate of drug-likeness (QED) is 0.495. The summed E-state index contributed by atoms with van der Waals surface area (Å²) in [6.07, 6.45) is 3.22. The molecule has 0 aliphatic carbocycles. The third-order valence-corrected chi connectivity index (χ3v) is 2.78. The molecule has 0 radical (unpaired) electrons. The molecule has 16 heavy (non-hydrogen) atoms. The molecule has 0 saturated carbocycles. The van der Waals surface area contributed by atoms with Gasteiger partial charge >= 0.3 is 0 Å². The number of hydrazine groups is 1. The van der Waals surface area contributed by atoms with E-state index >= 15 is 0 Å². The summed E-state index contributed by atoms with van der Waals surface area (Å²) in [6.45, 7) is 0. The molecule has 0 bridgehead atoms. The van der Waals surface area contributed by atoms with Crippen molar-refractivity contribution in [3.05, 3.63) is 35.6 Å². The second-order valence-electron chi connectivity index (χ2n) is 2.78. The minimum atomic E-state index is 0.374. The number of hydrogen-bond acceptors (Lipinski definition) is 6. The summed E-state index contributed by atoms with van der Waals surface area (Å²) in [6, 6.07) is 5.38. The van der Waals surface area contributed by atoms with E-state index in [4.69, 9.17) is 17.4 Å². The third-order valence-electron chi connectivity index (χ3n) is 1.67. The van der Waals surface area contributed by atoms with Crippen molar-refractivity contribution in [3.63, 3.8) is 0 Å². The lowest BCUT2D eigenvalue weighted by atomic mass is 10.5. The first-order valence-corrected chi connectivity index (χ1v) is 5.56. The van der Waals surface area contributed by atoms with Crippen LogP contribution in [-0.2, 0) is 0 Å². The van der Waals surface area contributed by atoms with Crippen LogP contribution in [0.5, 0.6) is 0 Å². The van der Waals surface area contributed by atoms with Crippen molar-refractivity contribution in [2.24, 2.45) is 5.84 Å². The topological polar surface area (TPSA) is 76.7 Å². The molecular formula is C9H8ClN5S. The molecule has 0 aliphatic rings. The Labute approximate surface area is 101 Å². The van der Waals surface area contributed by atoms with E-state index < -0.39 is 0 Å². The number of nitrogen functional groups attached to an aromatic ring is 1. The van der Waals surface area contributed by atoms with Gasteiger partial charge in [0.1, 0.15) is 10.1 Å². The summed E-state index contributed by atoms with van der Waals surface area (Å²) in [4.78, 5) is 12.2. The minimum Gasteiger partial charge on any atom is -0.292 e. The Morgan fingerprint density at radius 2 is 2.06 bits per heavy atom. The molecule has 0 aromatic carbocycles. The number of pyridine rings is 1. The molecule has 2 aromatic heterocycles. The van der Waals surface area contributed by atoms with Crippen LogP contribution in [0.4, 0.5) is 5.95 Å². The Balaban J connectivity index is 2.16. The van der Waals surface area contributed by atoms with Crippen LogP contribution in [0.15, 0.2) is 40.6 Å². The summed E-state index contributed by atoms with van der Waals surface area (Å²) in [7, 11) is 0. The molecule has 0 fully saturated rings. The van der Waals surface area contributed by atoms with Crippen molar-refractivity contribution in [3.8, 4) is 0 Å². The van der Waals surface area contributed by atoms with Crippen LogP contribution in [0, 0.1) is 0 Å². The van der Waals surface area contributed by atoms with Crippen LogP contribution in [0.25, 0.3) is 0 Å². The average molecular weight is 254 g/mol. The zero-order chi connectivity index (χ0) is 11.4. The number of nitrogens with two attached hydrogens (primary N) is 1. The lowest BCUT2D eigenvalue weighted by molar-refractivity contribution is 1.02. The average Bonchev–Trinajstić information content (AvgIpc) is 2.32. The molecule has 82 valence electrons. The molecular weight excluding hydrogens is 246 g/mol. The van der Waals surface area contributed by atoms with Gasteiger partial charge in [-0.1, -0.05) is 11.6 Å². The molecule has 3 N–H and O–H groups in total. The number of anilines is 1.